The summed E-state index contributed by atoms with van der Waals surface area (Å²) in [5, 5.41) is 20.8. The van der Waals surface area contributed by atoms with Crippen LogP contribution in [0.5, 0.6) is 0 Å². The number of rotatable bonds is 6. The number of aliphatic hydroxyl groups excluding tert-OH is 1. The molecule has 0 spiro atoms. The number of aliphatic hydroxyl groups is 1. The number of nitrogens with zero attached hydrogens (tertiary/aromatic N) is 1. The van der Waals surface area contributed by atoms with Gasteiger partial charge in [-0.05, 0) is 30.2 Å². The van der Waals surface area contributed by atoms with E-state index in [1.807, 2.05) is 13.0 Å². The third-order valence-corrected chi connectivity index (χ3v) is 2.60. The van der Waals surface area contributed by atoms with Crippen molar-refractivity contribution in [2.75, 3.05) is 6.54 Å². The maximum Gasteiger partial charge on any atom is 0.244 e. The van der Waals surface area contributed by atoms with Gasteiger partial charge in [0.05, 0.1) is 17.7 Å². The Balaban J connectivity index is 2.43. The van der Waals surface area contributed by atoms with Gasteiger partial charge in [0.15, 0.2) is 0 Å². The molecule has 0 saturated heterocycles. The van der Waals surface area contributed by atoms with Crippen LogP contribution in [-0.2, 0) is 4.79 Å². The SMILES string of the molecule is CCCC(O)CNC(=O)/C=C/c1ccc(C#N)cc1. The Labute approximate surface area is 113 Å². The van der Waals surface area contributed by atoms with Crippen molar-refractivity contribution in [3.63, 3.8) is 0 Å². The van der Waals surface area contributed by atoms with E-state index in [4.69, 9.17) is 5.26 Å². The number of hydrogen-bond acceptors (Lipinski definition) is 3. The Hall–Kier alpha value is -2.12. The third kappa shape index (κ3) is 5.84. The topological polar surface area (TPSA) is 73.1 Å². The first-order chi connectivity index (χ1) is 9.15. The molecule has 0 aliphatic heterocycles. The summed E-state index contributed by atoms with van der Waals surface area (Å²) in [6, 6.07) is 8.97. The van der Waals surface area contributed by atoms with E-state index in [-0.39, 0.29) is 12.5 Å². The van der Waals surface area contributed by atoms with E-state index >= 15 is 0 Å². The molecule has 0 heterocycles. The van der Waals surface area contributed by atoms with Crippen molar-refractivity contribution in [3.05, 3.63) is 41.5 Å². The molecule has 0 radical (unpaired) electrons. The van der Waals surface area contributed by atoms with Crippen LogP contribution in [0.15, 0.2) is 30.3 Å². The molecule has 0 aliphatic carbocycles. The summed E-state index contributed by atoms with van der Waals surface area (Å²) >= 11 is 0. The van der Waals surface area contributed by atoms with Crippen molar-refractivity contribution in [2.24, 2.45) is 0 Å². The molecule has 1 unspecified atom stereocenters. The first-order valence-corrected chi connectivity index (χ1v) is 6.30. The standard InChI is InChI=1S/C15H18N2O2/c1-2-3-14(18)11-17-15(19)9-8-12-4-6-13(10-16)7-5-12/h4-9,14,18H,2-3,11H2,1H3,(H,17,19)/b9-8+. The van der Waals surface area contributed by atoms with Gasteiger partial charge in [-0.2, -0.15) is 5.26 Å². The van der Waals surface area contributed by atoms with Gasteiger partial charge in [0.1, 0.15) is 0 Å². The molecule has 19 heavy (non-hydrogen) atoms. The van der Waals surface area contributed by atoms with Crippen LogP contribution in [0.1, 0.15) is 30.9 Å². The molecule has 1 amide bonds. The molecule has 1 aromatic rings. The Morgan fingerprint density at radius 1 is 1.47 bits per heavy atom. The van der Waals surface area contributed by atoms with Crippen LogP contribution in [-0.4, -0.2) is 23.7 Å². The summed E-state index contributed by atoms with van der Waals surface area (Å²) in [4.78, 5) is 11.5. The van der Waals surface area contributed by atoms with Crippen molar-refractivity contribution in [1.29, 1.82) is 5.26 Å². The van der Waals surface area contributed by atoms with Crippen LogP contribution in [0.4, 0.5) is 0 Å². The van der Waals surface area contributed by atoms with Crippen LogP contribution in [0.2, 0.25) is 0 Å². The van der Waals surface area contributed by atoms with Crippen molar-refractivity contribution in [3.8, 4) is 6.07 Å². The van der Waals surface area contributed by atoms with Crippen LogP contribution >= 0.6 is 0 Å². The summed E-state index contributed by atoms with van der Waals surface area (Å²) in [5.41, 5.74) is 1.44. The second kappa shape index (κ2) is 8.06. The van der Waals surface area contributed by atoms with Crippen LogP contribution in [0.3, 0.4) is 0 Å². The number of nitrogens with one attached hydrogen (secondary N) is 1. The first-order valence-electron chi connectivity index (χ1n) is 6.30. The highest BCUT2D eigenvalue weighted by molar-refractivity contribution is 5.91. The smallest absolute Gasteiger partial charge is 0.244 e. The molecule has 1 atom stereocenters. The lowest BCUT2D eigenvalue weighted by Crippen LogP contribution is -2.30. The third-order valence-electron chi connectivity index (χ3n) is 2.60. The van der Waals surface area contributed by atoms with Gasteiger partial charge in [-0.1, -0.05) is 25.5 Å². The fourth-order valence-electron chi connectivity index (χ4n) is 1.55. The van der Waals surface area contributed by atoms with Crippen molar-refractivity contribution >= 4 is 12.0 Å². The monoisotopic (exact) mass is 258 g/mol. The molecule has 0 aliphatic rings. The van der Waals surface area contributed by atoms with Gasteiger partial charge >= 0.3 is 0 Å². The minimum atomic E-state index is -0.489. The quantitative estimate of drug-likeness (QED) is 0.765. The van der Waals surface area contributed by atoms with Crippen molar-refractivity contribution < 1.29 is 9.90 Å². The molecule has 0 aromatic heterocycles. The maximum absolute atomic E-state index is 11.5. The van der Waals surface area contributed by atoms with E-state index in [2.05, 4.69) is 5.32 Å². The van der Waals surface area contributed by atoms with E-state index in [1.54, 1.807) is 30.3 Å². The van der Waals surface area contributed by atoms with E-state index in [0.29, 0.717) is 12.0 Å². The highest BCUT2D eigenvalue weighted by Gasteiger charge is 2.03. The van der Waals surface area contributed by atoms with Gasteiger partial charge in [-0.3, -0.25) is 4.79 Å². The lowest BCUT2D eigenvalue weighted by Gasteiger charge is -2.08. The average Bonchev–Trinajstić information content (AvgIpc) is 2.44. The zero-order chi connectivity index (χ0) is 14.1. The Kier molecular flexibility index (Phi) is 6.34. The zero-order valence-corrected chi connectivity index (χ0v) is 11.0. The molecule has 0 saturated carbocycles. The Morgan fingerprint density at radius 3 is 2.74 bits per heavy atom. The lowest BCUT2D eigenvalue weighted by molar-refractivity contribution is -0.116. The van der Waals surface area contributed by atoms with Gasteiger partial charge < -0.3 is 10.4 Å². The zero-order valence-electron chi connectivity index (χ0n) is 11.0. The van der Waals surface area contributed by atoms with E-state index in [1.165, 1.54) is 6.08 Å². The van der Waals surface area contributed by atoms with Gasteiger partial charge in [-0.25, -0.2) is 0 Å². The lowest BCUT2D eigenvalue weighted by atomic mass is 10.1. The molecule has 0 bridgehead atoms. The number of benzene rings is 1. The first kappa shape index (κ1) is 14.9. The minimum absolute atomic E-state index is 0.237. The van der Waals surface area contributed by atoms with Crippen molar-refractivity contribution in [2.45, 2.75) is 25.9 Å². The second-order valence-corrected chi connectivity index (χ2v) is 4.25. The highest BCUT2D eigenvalue weighted by Crippen LogP contribution is 2.05. The normalized spacial score (nSPS) is 12.1. The number of hydrogen-bond donors (Lipinski definition) is 2. The Morgan fingerprint density at radius 2 is 2.16 bits per heavy atom. The Bertz CT molecular complexity index is 472. The van der Waals surface area contributed by atoms with E-state index in [9.17, 15) is 9.90 Å². The molecule has 1 aromatic carbocycles. The average molecular weight is 258 g/mol. The highest BCUT2D eigenvalue weighted by atomic mass is 16.3. The summed E-state index contributed by atoms with van der Waals surface area (Å²) in [6.45, 7) is 2.25. The number of carbonyl (C=O) groups excluding carboxylic acids is 1. The minimum Gasteiger partial charge on any atom is -0.391 e. The van der Waals surface area contributed by atoms with E-state index < -0.39 is 6.10 Å². The van der Waals surface area contributed by atoms with Gasteiger partial charge in [0.2, 0.25) is 5.91 Å². The van der Waals surface area contributed by atoms with Crippen LogP contribution in [0.25, 0.3) is 6.08 Å². The molecule has 4 heteroatoms. The van der Waals surface area contributed by atoms with Gasteiger partial charge in [0, 0.05) is 12.6 Å². The molecule has 100 valence electrons. The molecular weight excluding hydrogens is 240 g/mol. The number of amides is 1. The fourth-order valence-corrected chi connectivity index (χ4v) is 1.55. The van der Waals surface area contributed by atoms with Gasteiger partial charge in [-0.15, -0.1) is 0 Å². The molecule has 2 N–H and O–H groups in total. The largest absolute Gasteiger partial charge is 0.391 e. The summed E-state index contributed by atoms with van der Waals surface area (Å²) in [5.74, 6) is -0.237. The van der Waals surface area contributed by atoms with Gasteiger partial charge in [0.25, 0.3) is 0 Å². The molecule has 0 fully saturated rings. The molecular formula is C15H18N2O2. The van der Waals surface area contributed by atoms with Crippen molar-refractivity contribution in [1.82, 2.24) is 5.32 Å². The number of carbonyl (C=O) groups is 1. The summed E-state index contributed by atoms with van der Waals surface area (Å²) in [7, 11) is 0. The molecule has 4 nitrogen and oxygen atoms in total. The predicted molar refractivity (Wildman–Crippen MR) is 74.1 cm³/mol. The molecule has 1 rings (SSSR count). The maximum atomic E-state index is 11.5. The summed E-state index contributed by atoms with van der Waals surface area (Å²) in [6.07, 6.45) is 4.16. The fraction of sp³-hybridized carbons (Fsp3) is 0.333. The predicted octanol–water partition coefficient (Wildman–Crippen LogP) is 1.85. The van der Waals surface area contributed by atoms with Crippen LogP contribution < -0.4 is 5.32 Å². The van der Waals surface area contributed by atoms with E-state index in [0.717, 1.165) is 12.0 Å². The second-order valence-electron chi connectivity index (χ2n) is 4.25. The summed E-state index contributed by atoms with van der Waals surface area (Å²) < 4.78 is 0. The number of nitriles is 1. The van der Waals surface area contributed by atoms with Crippen LogP contribution in [0, 0.1) is 11.3 Å².